The van der Waals surface area contributed by atoms with Crippen LogP contribution in [0.15, 0.2) is 39.7 Å². The van der Waals surface area contributed by atoms with Crippen molar-refractivity contribution in [3.05, 3.63) is 51.0 Å². The van der Waals surface area contributed by atoms with Crippen LogP contribution in [0.1, 0.15) is 37.8 Å². The maximum Gasteiger partial charge on any atom is 0.246 e. The molecule has 0 bridgehead atoms. The third kappa shape index (κ3) is 5.47. The minimum absolute atomic E-state index is 0.0323. The van der Waals surface area contributed by atoms with Crippen LogP contribution >= 0.6 is 27.5 Å². The second kappa shape index (κ2) is 10.5. The van der Waals surface area contributed by atoms with Crippen LogP contribution in [0.25, 0.3) is 0 Å². The van der Waals surface area contributed by atoms with Crippen molar-refractivity contribution in [3.8, 4) is 5.75 Å². The second-order valence-corrected chi connectivity index (χ2v) is 11.1. The zero-order valence-electron chi connectivity index (χ0n) is 18.5. The summed E-state index contributed by atoms with van der Waals surface area (Å²) in [4.78, 5) is 13.1. The molecule has 2 aromatic rings. The number of amides is 1. The van der Waals surface area contributed by atoms with E-state index in [1.165, 1.54) is 10.4 Å². The first-order valence-electron chi connectivity index (χ1n) is 10.7. The molecule has 1 aliphatic rings. The van der Waals surface area contributed by atoms with Gasteiger partial charge in [0, 0.05) is 28.3 Å². The lowest BCUT2D eigenvalue weighted by Gasteiger charge is -2.32. The van der Waals surface area contributed by atoms with Gasteiger partial charge in [0.15, 0.2) is 0 Å². The largest absolute Gasteiger partial charge is 0.492 e. The van der Waals surface area contributed by atoms with Crippen LogP contribution in [-0.2, 0) is 21.2 Å². The number of aryl methyl sites for hydroxylation is 2. The minimum Gasteiger partial charge on any atom is -0.492 e. The molecule has 1 atom stereocenters. The van der Waals surface area contributed by atoms with Crippen LogP contribution in [0.4, 0.5) is 5.69 Å². The number of halogens is 2. The number of anilines is 1. The van der Waals surface area contributed by atoms with E-state index in [0.717, 1.165) is 27.7 Å². The van der Waals surface area contributed by atoms with Gasteiger partial charge in [0.25, 0.3) is 0 Å². The fraction of sp³-hybridized carbons (Fsp3) is 0.435. The molecule has 6 nitrogen and oxygen atoms in total. The average molecular weight is 544 g/mol. The highest BCUT2D eigenvalue weighted by molar-refractivity contribution is 9.10. The molecule has 3 rings (SSSR count). The van der Waals surface area contributed by atoms with Gasteiger partial charge in [-0.1, -0.05) is 34.5 Å². The molecule has 1 fully saturated rings. The highest BCUT2D eigenvalue weighted by atomic mass is 79.9. The Morgan fingerprint density at radius 2 is 2.03 bits per heavy atom. The fourth-order valence-electron chi connectivity index (χ4n) is 3.97. The lowest BCUT2D eigenvalue weighted by atomic mass is 9.98. The number of sulfonamides is 1. The minimum atomic E-state index is -3.87. The van der Waals surface area contributed by atoms with Crippen LogP contribution < -0.4 is 10.1 Å². The molecular formula is C23H28BrClN2O4S. The Bertz CT molecular complexity index is 1110. The van der Waals surface area contributed by atoms with Crippen molar-refractivity contribution in [1.29, 1.82) is 0 Å². The molecule has 1 aliphatic heterocycles. The van der Waals surface area contributed by atoms with Gasteiger partial charge in [0.05, 0.1) is 12.5 Å². The quantitative estimate of drug-likeness (QED) is 0.507. The molecule has 0 radical (unpaired) electrons. The summed E-state index contributed by atoms with van der Waals surface area (Å²) in [5.74, 6) is -0.344. The van der Waals surface area contributed by atoms with E-state index in [0.29, 0.717) is 31.0 Å². The Hall–Kier alpha value is -1.61. The number of piperidine rings is 1. The molecule has 1 amide bonds. The van der Waals surface area contributed by atoms with Gasteiger partial charge in [-0.3, -0.25) is 4.79 Å². The summed E-state index contributed by atoms with van der Waals surface area (Å²) in [6, 6.07) is 8.53. The number of rotatable bonds is 7. The van der Waals surface area contributed by atoms with E-state index < -0.39 is 15.9 Å². The smallest absolute Gasteiger partial charge is 0.246 e. The molecule has 9 heteroatoms. The molecule has 0 aliphatic carbocycles. The van der Waals surface area contributed by atoms with Crippen LogP contribution in [0.2, 0.25) is 5.02 Å². The summed E-state index contributed by atoms with van der Waals surface area (Å²) < 4.78 is 34.7. The van der Waals surface area contributed by atoms with Crippen molar-refractivity contribution in [1.82, 2.24) is 4.31 Å². The number of carbonyl (C=O) groups excluding carboxylic acids is 1. The molecular weight excluding hydrogens is 516 g/mol. The van der Waals surface area contributed by atoms with Gasteiger partial charge in [-0.25, -0.2) is 8.42 Å². The molecule has 1 unspecified atom stereocenters. The van der Waals surface area contributed by atoms with Crippen LogP contribution in [0.5, 0.6) is 5.75 Å². The zero-order valence-corrected chi connectivity index (χ0v) is 21.6. The fourth-order valence-corrected chi connectivity index (χ4v) is 6.50. The van der Waals surface area contributed by atoms with Crippen LogP contribution in [-0.4, -0.2) is 38.3 Å². The van der Waals surface area contributed by atoms with E-state index in [1.807, 2.05) is 26.0 Å². The normalized spacial score (nSPS) is 17.2. The van der Waals surface area contributed by atoms with Crippen LogP contribution in [0, 0.1) is 12.8 Å². The van der Waals surface area contributed by atoms with E-state index in [1.54, 1.807) is 19.1 Å². The summed E-state index contributed by atoms with van der Waals surface area (Å²) in [6.45, 7) is 6.58. The third-order valence-corrected chi connectivity index (χ3v) is 8.17. The summed E-state index contributed by atoms with van der Waals surface area (Å²) in [5.41, 5.74) is 2.80. The van der Waals surface area contributed by atoms with Gasteiger partial charge in [0.2, 0.25) is 15.9 Å². The molecule has 1 heterocycles. The summed E-state index contributed by atoms with van der Waals surface area (Å²) >= 11 is 9.58. The van der Waals surface area contributed by atoms with Crippen molar-refractivity contribution in [2.75, 3.05) is 25.0 Å². The molecule has 1 N–H and O–H groups in total. The summed E-state index contributed by atoms with van der Waals surface area (Å²) in [6.07, 6.45) is 2.00. The number of nitrogens with zero attached hydrogens (tertiary/aromatic N) is 1. The molecule has 32 heavy (non-hydrogen) atoms. The van der Waals surface area contributed by atoms with E-state index in [4.69, 9.17) is 16.3 Å². The second-order valence-electron chi connectivity index (χ2n) is 7.83. The van der Waals surface area contributed by atoms with E-state index >= 15 is 0 Å². The SMILES string of the molecule is CCOc1ccc(Cl)cc1S(=O)(=O)N1CCCC(C(=O)Nc2c(C)cc(Br)cc2CC)C1. The number of hydrogen-bond acceptors (Lipinski definition) is 4. The Morgan fingerprint density at radius 3 is 2.72 bits per heavy atom. The molecule has 2 aromatic carbocycles. The Balaban J connectivity index is 1.83. The van der Waals surface area contributed by atoms with Crippen molar-refractivity contribution in [3.63, 3.8) is 0 Å². The molecule has 0 spiro atoms. The van der Waals surface area contributed by atoms with Gasteiger partial charge < -0.3 is 10.1 Å². The average Bonchev–Trinajstić information content (AvgIpc) is 2.76. The van der Waals surface area contributed by atoms with Crippen molar-refractivity contribution < 1.29 is 17.9 Å². The highest BCUT2D eigenvalue weighted by Gasteiger charge is 2.35. The predicted octanol–water partition coefficient (Wildman–Crippen LogP) is 5.41. The zero-order chi connectivity index (χ0) is 23.5. The van der Waals surface area contributed by atoms with Gasteiger partial charge in [-0.2, -0.15) is 4.31 Å². The van der Waals surface area contributed by atoms with Gasteiger partial charge in [0.1, 0.15) is 10.6 Å². The molecule has 1 saturated heterocycles. The standard InChI is InChI=1S/C23H28BrClN2O4S/c1-4-16-12-18(24)11-15(3)22(16)26-23(28)17-7-6-10-27(14-17)32(29,30)21-13-19(25)8-9-20(21)31-5-2/h8-9,11-13,17H,4-7,10,14H2,1-3H3,(H,26,28). The monoisotopic (exact) mass is 542 g/mol. The Morgan fingerprint density at radius 1 is 1.28 bits per heavy atom. The Kier molecular flexibility index (Phi) is 8.25. The molecule has 0 aromatic heterocycles. The Labute approximate surface area is 203 Å². The summed E-state index contributed by atoms with van der Waals surface area (Å²) in [5, 5.41) is 3.37. The van der Waals surface area contributed by atoms with Crippen molar-refractivity contribution >= 4 is 49.1 Å². The number of ether oxygens (including phenoxy) is 1. The number of benzene rings is 2. The van der Waals surface area contributed by atoms with Gasteiger partial charge >= 0.3 is 0 Å². The van der Waals surface area contributed by atoms with E-state index in [9.17, 15) is 13.2 Å². The first-order valence-corrected chi connectivity index (χ1v) is 13.3. The molecule has 174 valence electrons. The third-order valence-electron chi connectivity index (χ3n) is 5.59. The topological polar surface area (TPSA) is 75.7 Å². The van der Waals surface area contributed by atoms with Crippen molar-refractivity contribution in [2.45, 2.75) is 44.9 Å². The van der Waals surface area contributed by atoms with Crippen molar-refractivity contribution in [2.24, 2.45) is 5.92 Å². The lowest BCUT2D eigenvalue weighted by Crippen LogP contribution is -2.43. The first kappa shape index (κ1) is 25.0. The van der Waals surface area contributed by atoms with E-state index in [-0.39, 0.29) is 23.1 Å². The maximum absolute atomic E-state index is 13.4. The van der Waals surface area contributed by atoms with Crippen LogP contribution in [0.3, 0.4) is 0 Å². The summed E-state index contributed by atoms with van der Waals surface area (Å²) in [7, 11) is -3.87. The molecule has 0 saturated carbocycles. The number of hydrogen-bond donors (Lipinski definition) is 1. The first-order chi connectivity index (χ1) is 15.2. The predicted molar refractivity (Wildman–Crippen MR) is 131 cm³/mol. The van der Waals surface area contributed by atoms with Gasteiger partial charge in [-0.15, -0.1) is 0 Å². The van der Waals surface area contributed by atoms with Gasteiger partial charge in [-0.05, 0) is 74.6 Å². The van der Waals surface area contributed by atoms with E-state index in [2.05, 4.69) is 21.2 Å². The highest BCUT2D eigenvalue weighted by Crippen LogP contribution is 2.33. The lowest BCUT2D eigenvalue weighted by molar-refractivity contribution is -0.120. The number of nitrogens with one attached hydrogen (secondary N) is 1. The number of carbonyl (C=O) groups is 1. The maximum atomic E-state index is 13.4.